The molecule has 0 saturated heterocycles. The van der Waals surface area contributed by atoms with Crippen molar-refractivity contribution >= 4 is 17.2 Å². The minimum absolute atomic E-state index is 0.0905. The Morgan fingerprint density at radius 2 is 2.29 bits per heavy atom. The zero-order valence-electron chi connectivity index (χ0n) is 8.83. The van der Waals surface area contributed by atoms with E-state index in [0.717, 1.165) is 12.1 Å². The molecule has 0 aliphatic carbocycles. The van der Waals surface area contributed by atoms with Crippen LogP contribution in [0.25, 0.3) is 0 Å². The van der Waals surface area contributed by atoms with E-state index >= 15 is 0 Å². The lowest BCUT2D eigenvalue weighted by Gasteiger charge is -2.17. The second kappa shape index (κ2) is 4.55. The van der Waals surface area contributed by atoms with Gasteiger partial charge in [-0.3, -0.25) is 4.79 Å². The van der Waals surface area contributed by atoms with Gasteiger partial charge in [0.2, 0.25) is 5.91 Å². The molecule has 0 aliphatic rings. The summed E-state index contributed by atoms with van der Waals surface area (Å²) in [6.07, 6.45) is 0.811. The maximum absolute atomic E-state index is 11.5. The highest BCUT2D eigenvalue weighted by atomic mass is 32.1. The highest BCUT2D eigenvalue weighted by molar-refractivity contribution is 7.07. The fraction of sp³-hybridized carbons (Fsp3) is 0.600. The van der Waals surface area contributed by atoms with Gasteiger partial charge in [-0.05, 0) is 0 Å². The van der Waals surface area contributed by atoms with Gasteiger partial charge in [-0.2, -0.15) is 0 Å². The van der Waals surface area contributed by atoms with Crippen molar-refractivity contribution in [2.24, 2.45) is 5.41 Å². The minimum Gasteiger partial charge on any atom is -0.355 e. The quantitative estimate of drug-likeness (QED) is 0.830. The van der Waals surface area contributed by atoms with Crippen LogP contribution in [0.5, 0.6) is 0 Å². The summed E-state index contributed by atoms with van der Waals surface area (Å²) in [4.78, 5) is 15.6. The van der Waals surface area contributed by atoms with E-state index in [2.05, 4.69) is 10.3 Å². The van der Waals surface area contributed by atoms with Crippen LogP contribution < -0.4 is 5.32 Å². The molecule has 0 radical (unpaired) electrons. The smallest absolute Gasteiger partial charge is 0.225 e. The van der Waals surface area contributed by atoms with E-state index in [1.54, 1.807) is 16.8 Å². The predicted octanol–water partition coefficient (Wildman–Crippen LogP) is 1.85. The first-order chi connectivity index (χ1) is 6.50. The summed E-state index contributed by atoms with van der Waals surface area (Å²) in [5.41, 5.74) is 2.55. The Balaban J connectivity index is 2.26. The molecule has 1 rings (SSSR count). The number of aromatic nitrogens is 1. The summed E-state index contributed by atoms with van der Waals surface area (Å²) in [5, 5.41) is 4.89. The van der Waals surface area contributed by atoms with E-state index in [0.29, 0.717) is 6.54 Å². The second-order valence-electron chi connectivity index (χ2n) is 4.24. The molecule has 1 aromatic rings. The van der Waals surface area contributed by atoms with Gasteiger partial charge in [0.05, 0.1) is 11.2 Å². The third-order valence-corrected chi connectivity index (χ3v) is 2.47. The Bertz CT molecular complexity index is 288. The van der Waals surface area contributed by atoms with Crippen molar-refractivity contribution in [2.45, 2.75) is 27.2 Å². The molecule has 0 atom stereocenters. The minimum atomic E-state index is -0.303. The van der Waals surface area contributed by atoms with Crippen LogP contribution in [0.15, 0.2) is 10.9 Å². The molecule has 4 heteroatoms. The van der Waals surface area contributed by atoms with Gasteiger partial charge in [0.25, 0.3) is 0 Å². The van der Waals surface area contributed by atoms with E-state index < -0.39 is 0 Å². The standard InChI is InChI=1S/C10H16N2OS/c1-10(2,3)9(13)11-5-4-8-6-14-7-12-8/h6-7H,4-5H2,1-3H3,(H,11,13). The largest absolute Gasteiger partial charge is 0.355 e. The topological polar surface area (TPSA) is 42.0 Å². The molecule has 0 fully saturated rings. The van der Waals surface area contributed by atoms with E-state index in [1.165, 1.54) is 0 Å². The molecule has 78 valence electrons. The van der Waals surface area contributed by atoms with Gasteiger partial charge in [-0.1, -0.05) is 20.8 Å². The van der Waals surface area contributed by atoms with Crippen LogP contribution in [0.3, 0.4) is 0 Å². The third kappa shape index (κ3) is 3.46. The molecular weight excluding hydrogens is 196 g/mol. The number of rotatable bonds is 3. The average molecular weight is 212 g/mol. The fourth-order valence-electron chi connectivity index (χ4n) is 0.930. The van der Waals surface area contributed by atoms with Crippen LogP contribution in [0.4, 0.5) is 0 Å². The zero-order valence-corrected chi connectivity index (χ0v) is 9.65. The summed E-state index contributed by atoms with van der Waals surface area (Å²) in [5.74, 6) is 0.0905. The lowest BCUT2D eigenvalue weighted by molar-refractivity contribution is -0.128. The Labute approximate surface area is 88.6 Å². The molecule has 1 heterocycles. The summed E-state index contributed by atoms with van der Waals surface area (Å²) in [6, 6.07) is 0. The van der Waals surface area contributed by atoms with E-state index in [4.69, 9.17) is 0 Å². The molecule has 0 unspecified atom stereocenters. The van der Waals surface area contributed by atoms with Crippen molar-refractivity contribution in [1.29, 1.82) is 0 Å². The number of hydrogen-bond acceptors (Lipinski definition) is 3. The Morgan fingerprint density at radius 1 is 1.57 bits per heavy atom. The fourth-order valence-corrected chi connectivity index (χ4v) is 1.52. The van der Waals surface area contributed by atoms with Crippen LogP contribution in [0, 0.1) is 5.41 Å². The third-order valence-electron chi connectivity index (χ3n) is 1.83. The summed E-state index contributed by atoms with van der Waals surface area (Å²) in [6.45, 7) is 6.39. The van der Waals surface area contributed by atoms with Gasteiger partial charge in [-0.25, -0.2) is 4.98 Å². The number of carbonyl (C=O) groups excluding carboxylic acids is 1. The first-order valence-corrected chi connectivity index (χ1v) is 5.60. The van der Waals surface area contributed by atoms with Gasteiger partial charge in [0.1, 0.15) is 0 Å². The van der Waals surface area contributed by atoms with E-state index in [9.17, 15) is 4.79 Å². The molecule has 0 saturated carbocycles. The van der Waals surface area contributed by atoms with Crippen LogP contribution in [-0.2, 0) is 11.2 Å². The second-order valence-corrected chi connectivity index (χ2v) is 4.95. The van der Waals surface area contributed by atoms with Crippen molar-refractivity contribution < 1.29 is 4.79 Å². The molecule has 1 aromatic heterocycles. The van der Waals surface area contributed by atoms with Crippen molar-refractivity contribution in [3.05, 3.63) is 16.6 Å². The highest BCUT2D eigenvalue weighted by Gasteiger charge is 2.20. The van der Waals surface area contributed by atoms with Crippen molar-refractivity contribution in [3.8, 4) is 0 Å². The lowest BCUT2D eigenvalue weighted by Crippen LogP contribution is -2.35. The summed E-state index contributed by atoms with van der Waals surface area (Å²) >= 11 is 1.58. The molecule has 0 aromatic carbocycles. The van der Waals surface area contributed by atoms with Crippen LogP contribution in [0.2, 0.25) is 0 Å². The Hall–Kier alpha value is -0.900. The summed E-state index contributed by atoms with van der Waals surface area (Å²) in [7, 11) is 0. The number of hydrogen-bond donors (Lipinski definition) is 1. The monoisotopic (exact) mass is 212 g/mol. The maximum atomic E-state index is 11.5. The first kappa shape index (κ1) is 11.2. The Kier molecular flexibility index (Phi) is 3.63. The maximum Gasteiger partial charge on any atom is 0.225 e. The van der Waals surface area contributed by atoms with Gasteiger partial charge in [0, 0.05) is 23.8 Å². The molecule has 14 heavy (non-hydrogen) atoms. The van der Waals surface area contributed by atoms with Gasteiger partial charge in [-0.15, -0.1) is 11.3 Å². The Morgan fingerprint density at radius 3 is 2.79 bits per heavy atom. The van der Waals surface area contributed by atoms with Crippen LogP contribution in [0.1, 0.15) is 26.5 Å². The van der Waals surface area contributed by atoms with Gasteiger partial charge in [0.15, 0.2) is 0 Å². The van der Waals surface area contributed by atoms with E-state index in [-0.39, 0.29) is 11.3 Å². The number of nitrogens with one attached hydrogen (secondary N) is 1. The van der Waals surface area contributed by atoms with Crippen LogP contribution >= 0.6 is 11.3 Å². The molecule has 1 amide bonds. The number of thiazole rings is 1. The number of nitrogens with zero attached hydrogens (tertiary/aromatic N) is 1. The highest BCUT2D eigenvalue weighted by Crippen LogP contribution is 2.12. The number of amides is 1. The molecule has 0 bridgehead atoms. The van der Waals surface area contributed by atoms with Crippen molar-refractivity contribution in [1.82, 2.24) is 10.3 Å². The van der Waals surface area contributed by atoms with Gasteiger partial charge >= 0.3 is 0 Å². The lowest BCUT2D eigenvalue weighted by atomic mass is 9.96. The van der Waals surface area contributed by atoms with Crippen molar-refractivity contribution in [3.63, 3.8) is 0 Å². The molecular formula is C10H16N2OS. The molecule has 0 spiro atoms. The number of carbonyl (C=O) groups is 1. The molecule has 1 N–H and O–H groups in total. The first-order valence-electron chi connectivity index (χ1n) is 4.65. The van der Waals surface area contributed by atoms with E-state index in [1.807, 2.05) is 26.2 Å². The predicted molar refractivity (Wildman–Crippen MR) is 58.3 cm³/mol. The van der Waals surface area contributed by atoms with Crippen LogP contribution in [-0.4, -0.2) is 17.4 Å². The van der Waals surface area contributed by atoms with Crippen molar-refractivity contribution in [2.75, 3.05) is 6.54 Å². The molecule has 3 nitrogen and oxygen atoms in total. The zero-order chi connectivity index (χ0) is 10.6. The summed E-state index contributed by atoms with van der Waals surface area (Å²) < 4.78 is 0. The van der Waals surface area contributed by atoms with Gasteiger partial charge < -0.3 is 5.32 Å². The normalized spacial score (nSPS) is 11.4. The SMILES string of the molecule is CC(C)(C)C(=O)NCCc1cscn1. The average Bonchev–Trinajstić information content (AvgIpc) is 2.55. The molecule has 0 aliphatic heterocycles.